The van der Waals surface area contributed by atoms with E-state index in [0.717, 1.165) is 13.2 Å². The monoisotopic (exact) mass is 169 g/mol. The molecule has 1 aliphatic rings. The maximum atomic E-state index is 5.30. The van der Waals surface area contributed by atoms with Gasteiger partial charge in [0.2, 0.25) is 0 Å². The van der Waals surface area contributed by atoms with Crippen molar-refractivity contribution in [1.82, 2.24) is 5.32 Å². The van der Waals surface area contributed by atoms with Gasteiger partial charge in [-0.15, -0.1) is 5.92 Å². The second kappa shape index (κ2) is 6.01. The van der Waals surface area contributed by atoms with Gasteiger partial charge in [0.25, 0.3) is 0 Å². The van der Waals surface area contributed by atoms with Crippen LogP contribution in [-0.4, -0.2) is 39.0 Å². The van der Waals surface area contributed by atoms with Crippen LogP contribution in [-0.2, 0) is 9.47 Å². The lowest BCUT2D eigenvalue weighted by Crippen LogP contribution is -2.36. The predicted octanol–water partition coefficient (Wildman–Crippen LogP) is 0.0147. The van der Waals surface area contributed by atoms with Crippen LogP contribution in [0.5, 0.6) is 0 Å². The van der Waals surface area contributed by atoms with Gasteiger partial charge in [0, 0.05) is 0 Å². The van der Waals surface area contributed by atoms with Crippen molar-refractivity contribution in [2.24, 2.45) is 0 Å². The van der Waals surface area contributed by atoms with Crippen LogP contribution in [0.15, 0.2) is 0 Å². The van der Waals surface area contributed by atoms with E-state index < -0.39 is 0 Å². The summed E-state index contributed by atoms with van der Waals surface area (Å²) in [6.07, 6.45) is 0. The summed E-state index contributed by atoms with van der Waals surface area (Å²) in [5.74, 6) is 5.77. The van der Waals surface area contributed by atoms with Gasteiger partial charge in [-0.3, -0.25) is 5.32 Å². The van der Waals surface area contributed by atoms with Crippen molar-refractivity contribution in [2.45, 2.75) is 13.0 Å². The maximum Gasteiger partial charge on any atom is 0.0701 e. The van der Waals surface area contributed by atoms with Crippen LogP contribution in [0.2, 0.25) is 0 Å². The van der Waals surface area contributed by atoms with Crippen molar-refractivity contribution in [2.75, 3.05) is 33.0 Å². The molecule has 0 aliphatic carbocycles. The molecule has 0 unspecified atom stereocenters. The molecule has 0 atom stereocenters. The topological polar surface area (TPSA) is 30.5 Å². The summed E-state index contributed by atoms with van der Waals surface area (Å²) >= 11 is 0. The summed E-state index contributed by atoms with van der Waals surface area (Å²) in [5.41, 5.74) is 0. The van der Waals surface area contributed by atoms with Crippen molar-refractivity contribution >= 4 is 0 Å². The average molecular weight is 169 g/mol. The molecule has 0 amide bonds. The molecule has 0 bridgehead atoms. The van der Waals surface area contributed by atoms with Gasteiger partial charge in [-0.1, -0.05) is 5.92 Å². The van der Waals surface area contributed by atoms with E-state index in [1.807, 2.05) is 6.92 Å². The van der Waals surface area contributed by atoms with Gasteiger partial charge in [-0.05, 0) is 6.92 Å². The van der Waals surface area contributed by atoms with Crippen molar-refractivity contribution in [1.29, 1.82) is 0 Å². The Bertz CT molecular complexity index is 163. The van der Waals surface area contributed by atoms with Gasteiger partial charge in [0.15, 0.2) is 0 Å². The highest BCUT2D eigenvalue weighted by Crippen LogP contribution is 1.93. The molecule has 12 heavy (non-hydrogen) atoms. The largest absolute Gasteiger partial charge is 0.377 e. The van der Waals surface area contributed by atoms with Gasteiger partial charge in [0.1, 0.15) is 0 Å². The Morgan fingerprint density at radius 1 is 1.33 bits per heavy atom. The van der Waals surface area contributed by atoms with Gasteiger partial charge in [0.05, 0.1) is 39.0 Å². The minimum atomic E-state index is 0.299. The third-order valence-corrected chi connectivity index (χ3v) is 1.67. The molecular weight excluding hydrogens is 154 g/mol. The van der Waals surface area contributed by atoms with E-state index in [1.165, 1.54) is 0 Å². The van der Waals surface area contributed by atoms with Gasteiger partial charge in [-0.25, -0.2) is 0 Å². The second-order valence-corrected chi connectivity index (χ2v) is 2.65. The number of hydrogen-bond acceptors (Lipinski definition) is 3. The van der Waals surface area contributed by atoms with Gasteiger partial charge in [-0.2, -0.15) is 0 Å². The van der Waals surface area contributed by atoms with Crippen LogP contribution in [0.1, 0.15) is 6.92 Å². The normalized spacial score (nSPS) is 19.4. The summed E-state index contributed by atoms with van der Waals surface area (Å²) < 4.78 is 10.6. The molecule has 1 heterocycles. The molecule has 0 aromatic rings. The zero-order valence-corrected chi connectivity index (χ0v) is 7.43. The lowest BCUT2D eigenvalue weighted by molar-refractivity contribution is 0.103. The first-order chi connectivity index (χ1) is 5.93. The first-order valence-electron chi connectivity index (χ1n) is 4.22. The van der Waals surface area contributed by atoms with E-state index >= 15 is 0 Å². The highest BCUT2D eigenvalue weighted by Gasteiger charge is 2.10. The molecule has 1 aliphatic heterocycles. The molecular formula is C9H15NO2. The molecule has 3 nitrogen and oxygen atoms in total. The fourth-order valence-electron chi connectivity index (χ4n) is 1.02. The summed E-state index contributed by atoms with van der Waals surface area (Å²) in [6, 6.07) is 0.299. The predicted molar refractivity (Wildman–Crippen MR) is 46.9 cm³/mol. The average Bonchev–Trinajstić information content (AvgIpc) is 2.33. The van der Waals surface area contributed by atoms with Crippen LogP contribution >= 0.6 is 0 Å². The van der Waals surface area contributed by atoms with Crippen LogP contribution in [0, 0.1) is 11.8 Å². The summed E-state index contributed by atoms with van der Waals surface area (Å²) in [5, 5.41) is 3.24. The molecule has 1 saturated heterocycles. The summed E-state index contributed by atoms with van der Waals surface area (Å²) in [4.78, 5) is 0. The fraction of sp³-hybridized carbons (Fsp3) is 0.778. The van der Waals surface area contributed by atoms with Gasteiger partial charge < -0.3 is 9.47 Å². The third kappa shape index (κ3) is 3.72. The molecule has 1 rings (SSSR count). The first-order valence-corrected chi connectivity index (χ1v) is 4.22. The molecule has 1 N–H and O–H groups in total. The number of ether oxygens (including phenoxy) is 2. The Hall–Kier alpha value is -0.560. The molecule has 1 fully saturated rings. The van der Waals surface area contributed by atoms with E-state index in [9.17, 15) is 0 Å². The Kier molecular flexibility index (Phi) is 4.77. The molecule has 0 spiro atoms. The minimum absolute atomic E-state index is 0.299. The van der Waals surface area contributed by atoms with Gasteiger partial charge >= 0.3 is 0 Å². The highest BCUT2D eigenvalue weighted by molar-refractivity contribution is 4.97. The zero-order chi connectivity index (χ0) is 8.65. The quantitative estimate of drug-likeness (QED) is 0.591. The highest BCUT2D eigenvalue weighted by atomic mass is 16.5. The van der Waals surface area contributed by atoms with Crippen LogP contribution in [0.3, 0.4) is 0 Å². The molecule has 0 saturated carbocycles. The first kappa shape index (κ1) is 9.53. The fourth-order valence-corrected chi connectivity index (χ4v) is 1.02. The van der Waals surface area contributed by atoms with E-state index in [4.69, 9.17) is 9.47 Å². The SMILES string of the molecule is CC#CCNC1COCCOC1. The van der Waals surface area contributed by atoms with Crippen molar-refractivity contribution in [3.05, 3.63) is 0 Å². The smallest absolute Gasteiger partial charge is 0.0701 e. The Morgan fingerprint density at radius 3 is 2.58 bits per heavy atom. The Morgan fingerprint density at radius 2 is 2.00 bits per heavy atom. The molecule has 0 aromatic heterocycles. The van der Waals surface area contributed by atoms with E-state index in [-0.39, 0.29) is 0 Å². The molecule has 0 aromatic carbocycles. The summed E-state index contributed by atoms with van der Waals surface area (Å²) in [7, 11) is 0. The second-order valence-electron chi connectivity index (χ2n) is 2.65. The lowest BCUT2D eigenvalue weighted by Gasteiger charge is -2.12. The van der Waals surface area contributed by atoms with E-state index in [0.29, 0.717) is 25.8 Å². The zero-order valence-electron chi connectivity index (χ0n) is 7.43. The summed E-state index contributed by atoms with van der Waals surface area (Å²) in [6.45, 7) is 5.42. The standard InChI is InChI=1S/C9H15NO2/c1-2-3-4-10-9-7-11-5-6-12-8-9/h9-10H,4-8H2,1H3. The number of rotatable bonds is 2. The lowest BCUT2D eigenvalue weighted by atomic mass is 10.3. The van der Waals surface area contributed by atoms with Crippen LogP contribution in [0.25, 0.3) is 0 Å². The Balaban J connectivity index is 2.14. The number of hydrogen-bond donors (Lipinski definition) is 1. The van der Waals surface area contributed by atoms with Crippen molar-refractivity contribution in [3.63, 3.8) is 0 Å². The third-order valence-electron chi connectivity index (χ3n) is 1.67. The van der Waals surface area contributed by atoms with Crippen LogP contribution < -0.4 is 5.32 Å². The molecule has 68 valence electrons. The molecule has 3 heteroatoms. The van der Waals surface area contributed by atoms with E-state index in [2.05, 4.69) is 17.2 Å². The van der Waals surface area contributed by atoms with Crippen molar-refractivity contribution in [3.8, 4) is 11.8 Å². The number of nitrogens with one attached hydrogen (secondary N) is 1. The van der Waals surface area contributed by atoms with E-state index in [1.54, 1.807) is 0 Å². The maximum absolute atomic E-state index is 5.30. The van der Waals surface area contributed by atoms with Crippen LogP contribution in [0.4, 0.5) is 0 Å². The van der Waals surface area contributed by atoms with Crippen molar-refractivity contribution < 1.29 is 9.47 Å². The Labute approximate surface area is 73.4 Å². The molecule has 0 radical (unpaired) electrons. The minimum Gasteiger partial charge on any atom is -0.377 e.